The van der Waals surface area contributed by atoms with E-state index in [-0.39, 0.29) is 11.8 Å². The van der Waals surface area contributed by atoms with Crippen LogP contribution in [-0.2, 0) is 14.4 Å². The number of hydrogen-bond donors (Lipinski definition) is 0. The van der Waals surface area contributed by atoms with Crippen LogP contribution in [0, 0.1) is 19.8 Å². The highest BCUT2D eigenvalue weighted by molar-refractivity contribution is 6.32. The fraction of sp³-hybridized carbons (Fsp3) is 0.200. The first-order valence-corrected chi connectivity index (χ1v) is 10.5. The Labute approximate surface area is 185 Å². The molecule has 2 amide bonds. The van der Waals surface area contributed by atoms with Gasteiger partial charge in [-0.25, -0.2) is 9.96 Å². The van der Waals surface area contributed by atoms with Crippen molar-refractivity contribution < 1.29 is 14.4 Å². The van der Waals surface area contributed by atoms with Crippen molar-refractivity contribution in [3.63, 3.8) is 0 Å². The molecule has 156 valence electrons. The topological polar surface area (TPSA) is 49.9 Å². The van der Waals surface area contributed by atoms with Crippen molar-refractivity contribution in [2.45, 2.75) is 26.0 Å². The van der Waals surface area contributed by atoms with E-state index in [1.54, 1.807) is 23.3 Å². The first-order chi connectivity index (χ1) is 15.0. The molecular formula is C25H21ClN2O3. The average molecular weight is 433 g/mol. The smallest absolute Gasteiger partial charge is 0.266 e. The van der Waals surface area contributed by atoms with Gasteiger partial charge < -0.3 is 0 Å². The summed E-state index contributed by atoms with van der Waals surface area (Å²) in [5.41, 5.74) is 4.20. The number of rotatable bonds is 3. The normalized spacial score (nSPS) is 22.9. The van der Waals surface area contributed by atoms with Gasteiger partial charge in [-0.05, 0) is 49.2 Å². The number of benzene rings is 3. The number of imide groups is 1. The Morgan fingerprint density at radius 1 is 0.839 bits per heavy atom. The molecule has 2 fully saturated rings. The predicted molar refractivity (Wildman–Crippen MR) is 120 cm³/mol. The van der Waals surface area contributed by atoms with Crippen LogP contribution in [0.25, 0.3) is 0 Å². The second-order valence-corrected chi connectivity index (χ2v) is 8.42. The zero-order valence-electron chi connectivity index (χ0n) is 17.2. The second-order valence-electron chi connectivity index (χ2n) is 8.01. The molecule has 0 aliphatic carbocycles. The Bertz CT molecular complexity index is 1160. The minimum absolute atomic E-state index is 0.279. The zero-order chi connectivity index (χ0) is 21.7. The maximum Gasteiger partial charge on any atom is 0.266 e. The van der Waals surface area contributed by atoms with E-state index >= 15 is 0 Å². The molecule has 0 radical (unpaired) electrons. The van der Waals surface area contributed by atoms with E-state index in [1.165, 1.54) is 4.90 Å². The molecule has 0 bridgehead atoms. The maximum absolute atomic E-state index is 13.6. The van der Waals surface area contributed by atoms with Crippen molar-refractivity contribution in [2.24, 2.45) is 5.92 Å². The van der Waals surface area contributed by atoms with E-state index in [0.29, 0.717) is 10.7 Å². The number of aryl methyl sites for hydroxylation is 2. The van der Waals surface area contributed by atoms with Gasteiger partial charge in [0.25, 0.3) is 5.91 Å². The van der Waals surface area contributed by atoms with Gasteiger partial charge in [-0.15, -0.1) is 0 Å². The SMILES string of the molecule is Cc1ccc(C2C3C(=O)N(c4ccc(C)c(Cl)c4)C(=O)C3ON2c2ccccc2)cc1. The number of carbonyl (C=O) groups is 2. The number of halogens is 1. The third-order valence-electron chi connectivity index (χ3n) is 5.96. The van der Waals surface area contributed by atoms with Crippen molar-refractivity contribution in [1.82, 2.24) is 0 Å². The first kappa shape index (κ1) is 19.8. The van der Waals surface area contributed by atoms with E-state index in [0.717, 1.165) is 22.4 Å². The summed E-state index contributed by atoms with van der Waals surface area (Å²) in [7, 11) is 0. The average Bonchev–Trinajstić information content (AvgIpc) is 3.28. The van der Waals surface area contributed by atoms with Gasteiger partial charge in [0.2, 0.25) is 5.91 Å². The molecule has 0 saturated carbocycles. The van der Waals surface area contributed by atoms with Crippen molar-refractivity contribution >= 4 is 34.8 Å². The largest absolute Gasteiger partial charge is 0.273 e. The van der Waals surface area contributed by atoms with Crippen LogP contribution in [0.3, 0.4) is 0 Å². The minimum atomic E-state index is -0.890. The third kappa shape index (κ3) is 3.21. The fourth-order valence-electron chi connectivity index (χ4n) is 4.29. The Morgan fingerprint density at radius 3 is 2.23 bits per heavy atom. The van der Waals surface area contributed by atoms with Gasteiger partial charge >= 0.3 is 0 Å². The van der Waals surface area contributed by atoms with Crippen molar-refractivity contribution in [3.05, 3.63) is 94.5 Å². The van der Waals surface area contributed by atoms with E-state index in [4.69, 9.17) is 16.4 Å². The Kier molecular flexibility index (Phi) is 4.80. The van der Waals surface area contributed by atoms with Crippen molar-refractivity contribution in [2.75, 3.05) is 9.96 Å². The molecule has 0 aromatic heterocycles. The summed E-state index contributed by atoms with van der Waals surface area (Å²) in [5, 5.41) is 2.21. The van der Waals surface area contributed by atoms with E-state index in [9.17, 15) is 9.59 Å². The lowest BCUT2D eigenvalue weighted by Gasteiger charge is -2.29. The Hall–Kier alpha value is -3.15. The number of para-hydroxylation sites is 1. The van der Waals surface area contributed by atoms with E-state index < -0.39 is 18.1 Å². The van der Waals surface area contributed by atoms with Gasteiger partial charge in [0.05, 0.1) is 17.4 Å². The summed E-state index contributed by atoms with van der Waals surface area (Å²) < 4.78 is 0. The maximum atomic E-state index is 13.6. The van der Waals surface area contributed by atoms with Crippen LogP contribution >= 0.6 is 11.6 Å². The zero-order valence-corrected chi connectivity index (χ0v) is 17.9. The lowest BCUT2D eigenvalue weighted by Crippen LogP contribution is -2.37. The Morgan fingerprint density at radius 2 is 1.55 bits per heavy atom. The molecule has 5 rings (SSSR count). The number of nitrogens with zero attached hydrogens (tertiary/aromatic N) is 2. The van der Waals surface area contributed by atoms with Gasteiger partial charge in [-0.1, -0.05) is 65.7 Å². The van der Waals surface area contributed by atoms with Crippen LogP contribution in [0.2, 0.25) is 5.02 Å². The lowest BCUT2D eigenvalue weighted by atomic mass is 9.90. The molecule has 2 heterocycles. The lowest BCUT2D eigenvalue weighted by molar-refractivity contribution is -0.126. The molecule has 2 aliphatic heterocycles. The number of carbonyl (C=O) groups excluding carboxylic acids is 2. The molecule has 31 heavy (non-hydrogen) atoms. The van der Waals surface area contributed by atoms with Gasteiger partial charge in [0, 0.05) is 5.02 Å². The standard InChI is InChI=1S/C25H21ClN2O3/c1-15-8-11-17(12-9-15)22-21-23(31-28(22)18-6-4-3-5-7-18)25(30)27(24(21)29)19-13-10-16(2)20(26)14-19/h3-14,21-23H,1-2H3. The number of hydroxylamine groups is 1. The van der Waals surface area contributed by atoms with Gasteiger partial charge in [0.1, 0.15) is 5.92 Å². The monoisotopic (exact) mass is 432 g/mol. The van der Waals surface area contributed by atoms with Crippen LogP contribution in [0.4, 0.5) is 11.4 Å². The molecule has 6 heteroatoms. The van der Waals surface area contributed by atoms with Gasteiger partial charge in [-0.2, -0.15) is 0 Å². The molecule has 0 N–H and O–H groups in total. The summed E-state index contributed by atoms with van der Waals surface area (Å²) >= 11 is 6.26. The molecule has 3 unspecified atom stereocenters. The van der Waals surface area contributed by atoms with E-state index in [2.05, 4.69) is 0 Å². The summed E-state index contributed by atoms with van der Waals surface area (Å²) in [4.78, 5) is 34.2. The summed E-state index contributed by atoms with van der Waals surface area (Å²) in [6.07, 6.45) is -0.890. The summed E-state index contributed by atoms with van der Waals surface area (Å²) in [6.45, 7) is 3.89. The highest BCUT2D eigenvalue weighted by atomic mass is 35.5. The second kappa shape index (κ2) is 7.52. The van der Waals surface area contributed by atoms with Crippen LogP contribution < -0.4 is 9.96 Å². The van der Waals surface area contributed by atoms with E-state index in [1.807, 2.05) is 68.4 Å². The highest BCUT2D eigenvalue weighted by Gasteiger charge is 2.60. The molecule has 5 nitrogen and oxygen atoms in total. The molecule has 3 atom stereocenters. The van der Waals surface area contributed by atoms with Crippen LogP contribution in [0.5, 0.6) is 0 Å². The molecule has 2 aliphatic rings. The quantitative estimate of drug-likeness (QED) is 0.546. The first-order valence-electron chi connectivity index (χ1n) is 10.2. The molecule has 0 spiro atoms. The van der Waals surface area contributed by atoms with Crippen molar-refractivity contribution in [1.29, 1.82) is 0 Å². The summed E-state index contributed by atoms with van der Waals surface area (Å²) in [6, 6.07) is 22.3. The number of fused-ring (bicyclic) bond motifs is 1. The highest BCUT2D eigenvalue weighted by Crippen LogP contribution is 2.47. The molecule has 2 saturated heterocycles. The minimum Gasteiger partial charge on any atom is -0.273 e. The van der Waals surface area contributed by atoms with Crippen LogP contribution in [0.15, 0.2) is 72.8 Å². The Balaban J connectivity index is 1.58. The third-order valence-corrected chi connectivity index (χ3v) is 6.37. The number of amides is 2. The predicted octanol–water partition coefficient (Wildman–Crippen LogP) is 5.01. The summed E-state index contributed by atoms with van der Waals surface area (Å²) in [5.74, 6) is -1.31. The van der Waals surface area contributed by atoms with Gasteiger partial charge in [-0.3, -0.25) is 14.4 Å². The van der Waals surface area contributed by atoms with Crippen molar-refractivity contribution in [3.8, 4) is 0 Å². The fourth-order valence-corrected chi connectivity index (χ4v) is 4.47. The molecule has 3 aromatic rings. The molecule has 3 aromatic carbocycles. The number of hydrogen-bond acceptors (Lipinski definition) is 4. The van der Waals surface area contributed by atoms with Crippen LogP contribution in [0.1, 0.15) is 22.7 Å². The van der Waals surface area contributed by atoms with Gasteiger partial charge in [0.15, 0.2) is 6.10 Å². The number of anilines is 2. The molecular weight excluding hydrogens is 412 g/mol. The van der Waals surface area contributed by atoms with Crippen LogP contribution in [-0.4, -0.2) is 17.9 Å².